The molecule has 2 aromatic rings. The third-order valence-corrected chi connectivity index (χ3v) is 4.87. The zero-order valence-electron chi connectivity index (χ0n) is 14.8. The Morgan fingerprint density at radius 2 is 1.59 bits per heavy atom. The molecule has 0 atom stereocenters. The van der Waals surface area contributed by atoms with E-state index in [0.717, 1.165) is 17.7 Å². The van der Waals surface area contributed by atoms with E-state index in [9.17, 15) is 18.4 Å². The smallest absolute Gasteiger partial charge is 0.227 e. The molecule has 0 unspecified atom stereocenters. The van der Waals surface area contributed by atoms with Crippen LogP contribution in [0.5, 0.6) is 0 Å². The van der Waals surface area contributed by atoms with Crippen LogP contribution in [0.25, 0.3) is 0 Å². The van der Waals surface area contributed by atoms with Gasteiger partial charge >= 0.3 is 0 Å². The second-order valence-corrected chi connectivity index (χ2v) is 6.74. The maximum atomic E-state index is 13.7. The fraction of sp³-hybridized carbons (Fsp3) is 0.350. The molecule has 1 fully saturated rings. The Morgan fingerprint density at radius 3 is 2.22 bits per heavy atom. The van der Waals surface area contributed by atoms with E-state index in [2.05, 4.69) is 15.6 Å². The van der Waals surface area contributed by atoms with Gasteiger partial charge in [0.1, 0.15) is 11.6 Å². The molecule has 142 valence electrons. The molecule has 7 heteroatoms. The Labute approximate surface area is 156 Å². The van der Waals surface area contributed by atoms with Gasteiger partial charge in [0.25, 0.3) is 0 Å². The standard InChI is InChI=1S/C20H21F2N3O2/c21-16-5-6-18(17(22)11-16)25-20(27)15-3-1-14(2-4-15)19(26)24-12-13-7-9-23-10-8-13/h5-11,14-15H,1-4,12H2,(H,24,26)(H,25,27). The zero-order valence-corrected chi connectivity index (χ0v) is 14.8. The first-order valence-electron chi connectivity index (χ1n) is 8.95. The first-order valence-corrected chi connectivity index (χ1v) is 8.95. The van der Waals surface area contributed by atoms with Gasteiger partial charge < -0.3 is 10.6 Å². The van der Waals surface area contributed by atoms with E-state index < -0.39 is 11.6 Å². The van der Waals surface area contributed by atoms with Gasteiger partial charge in [-0.2, -0.15) is 0 Å². The molecular weight excluding hydrogens is 352 g/mol. The molecule has 3 rings (SSSR count). The summed E-state index contributed by atoms with van der Waals surface area (Å²) in [5.41, 5.74) is 0.950. The number of hydrogen-bond donors (Lipinski definition) is 2. The monoisotopic (exact) mass is 373 g/mol. The van der Waals surface area contributed by atoms with Crippen molar-refractivity contribution in [3.63, 3.8) is 0 Å². The molecule has 0 saturated heterocycles. The Bertz CT molecular complexity index is 806. The number of pyridine rings is 1. The van der Waals surface area contributed by atoms with Crippen molar-refractivity contribution in [2.45, 2.75) is 32.2 Å². The molecule has 2 N–H and O–H groups in total. The van der Waals surface area contributed by atoms with Gasteiger partial charge in [-0.25, -0.2) is 8.78 Å². The van der Waals surface area contributed by atoms with Gasteiger partial charge in [-0.3, -0.25) is 14.6 Å². The molecule has 0 aliphatic heterocycles. The van der Waals surface area contributed by atoms with E-state index in [-0.39, 0.29) is 29.3 Å². The summed E-state index contributed by atoms with van der Waals surface area (Å²) < 4.78 is 26.6. The number of aromatic nitrogens is 1. The third-order valence-electron chi connectivity index (χ3n) is 4.87. The lowest BCUT2D eigenvalue weighted by Crippen LogP contribution is -2.35. The first-order chi connectivity index (χ1) is 13.0. The fourth-order valence-corrected chi connectivity index (χ4v) is 3.28. The van der Waals surface area contributed by atoms with Crippen LogP contribution >= 0.6 is 0 Å². The molecule has 0 bridgehead atoms. The van der Waals surface area contributed by atoms with Crippen LogP contribution in [-0.4, -0.2) is 16.8 Å². The highest BCUT2D eigenvalue weighted by Crippen LogP contribution is 2.30. The average Bonchev–Trinajstić information content (AvgIpc) is 2.69. The number of carbonyl (C=O) groups is 2. The summed E-state index contributed by atoms with van der Waals surface area (Å²) in [5, 5.41) is 5.42. The van der Waals surface area contributed by atoms with Gasteiger partial charge in [-0.15, -0.1) is 0 Å². The number of rotatable bonds is 5. The molecule has 1 heterocycles. The van der Waals surface area contributed by atoms with Crippen molar-refractivity contribution in [2.75, 3.05) is 5.32 Å². The normalized spacial score (nSPS) is 19.3. The van der Waals surface area contributed by atoms with Crippen LogP contribution in [0.4, 0.5) is 14.5 Å². The predicted molar refractivity (Wildman–Crippen MR) is 96.5 cm³/mol. The van der Waals surface area contributed by atoms with Gasteiger partial charge in [0.2, 0.25) is 11.8 Å². The van der Waals surface area contributed by atoms with Gasteiger partial charge in [-0.05, 0) is 55.5 Å². The summed E-state index contributed by atoms with van der Waals surface area (Å²) in [5.74, 6) is -2.21. The summed E-state index contributed by atoms with van der Waals surface area (Å²) in [6.07, 6.45) is 5.67. The summed E-state index contributed by atoms with van der Waals surface area (Å²) in [6, 6.07) is 6.73. The number of anilines is 1. The number of benzene rings is 1. The van der Waals surface area contributed by atoms with Crippen molar-refractivity contribution in [2.24, 2.45) is 11.8 Å². The minimum atomic E-state index is -0.799. The average molecular weight is 373 g/mol. The lowest BCUT2D eigenvalue weighted by molar-refractivity contribution is -0.128. The molecule has 1 aliphatic carbocycles. The van der Waals surface area contributed by atoms with Gasteiger partial charge in [0.05, 0.1) is 5.69 Å². The number of nitrogens with zero attached hydrogens (tertiary/aromatic N) is 1. The van der Waals surface area contributed by atoms with Crippen molar-refractivity contribution in [1.82, 2.24) is 10.3 Å². The van der Waals surface area contributed by atoms with Gasteiger partial charge in [0.15, 0.2) is 0 Å². The summed E-state index contributed by atoms with van der Waals surface area (Å²) >= 11 is 0. The van der Waals surface area contributed by atoms with Crippen molar-refractivity contribution in [3.05, 3.63) is 59.9 Å². The number of nitrogens with one attached hydrogen (secondary N) is 2. The third kappa shape index (κ3) is 5.09. The maximum absolute atomic E-state index is 13.7. The van der Waals surface area contributed by atoms with Crippen molar-refractivity contribution in [1.29, 1.82) is 0 Å². The van der Waals surface area contributed by atoms with Crippen LogP contribution < -0.4 is 10.6 Å². The molecular formula is C20H21F2N3O2. The Kier molecular flexibility index (Phi) is 6.11. The number of amides is 2. The number of carbonyl (C=O) groups excluding carboxylic acids is 2. The van der Waals surface area contributed by atoms with Crippen LogP contribution in [0.1, 0.15) is 31.2 Å². The van der Waals surface area contributed by atoms with E-state index in [1.165, 1.54) is 6.07 Å². The topological polar surface area (TPSA) is 71.1 Å². The maximum Gasteiger partial charge on any atom is 0.227 e. The summed E-state index contributed by atoms with van der Waals surface area (Å²) in [6.45, 7) is 0.450. The quantitative estimate of drug-likeness (QED) is 0.844. The van der Waals surface area contributed by atoms with Crippen LogP contribution in [0.3, 0.4) is 0 Å². The minimum Gasteiger partial charge on any atom is -0.352 e. The van der Waals surface area contributed by atoms with Crippen LogP contribution in [-0.2, 0) is 16.1 Å². The van der Waals surface area contributed by atoms with Crippen LogP contribution in [0, 0.1) is 23.5 Å². The molecule has 1 saturated carbocycles. The Hall–Kier alpha value is -2.83. The molecule has 0 radical (unpaired) electrons. The second-order valence-electron chi connectivity index (χ2n) is 6.74. The van der Waals surface area contributed by atoms with E-state index in [1.54, 1.807) is 12.4 Å². The fourth-order valence-electron chi connectivity index (χ4n) is 3.28. The highest BCUT2D eigenvalue weighted by Gasteiger charge is 2.30. The zero-order chi connectivity index (χ0) is 19.2. The summed E-state index contributed by atoms with van der Waals surface area (Å²) in [4.78, 5) is 28.6. The number of halogens is 2. The highest BCUT2D eigenvalue weighted by atomic mass is 19.1. The van der Waals surface area contributed by atoms with Crippen molar-refractivity contribution in [3.8, 4) is 0 Å². The Morgan fingerprint density at radius 1 is 0.963 bits per heavy atom. The van der Waals surface area contributed by atoms with E-state index >= 15 is 0 Å². The van der Waals surface area contributed by atoms with Gasteiger partial charge in [-0.1, -0.05) is 0 Å². The van der Waals surface area contributed by atoms with Crippen molar-refractivity contribution >= 4 is 17.5 Å². The second kappa shape index (κ2) is 8.70. The molecule has 2 amide bonds. The summed E-state index contributed by atoms with van der Waals surface area (Å²) in [7, 11) is 0. The largest absolute Gasteiger partial charge is 0.352 e. The molecule has 1 aliphatic rings. The molecule has 1 aromatic heterocycles. The van der Waals surface area contributed by atoms with E-state index in [4.69, 9.17) is 0 Å². The van der Waals surface area contributed by atoms with Gasteiger partial charge in [0, 0.05) is 36.8 Å². The highest BCUT2D eigenvalue weighted by molar-refractivity contribution is 5.92. The molecule has 27 heavy (non-hydrogen) atoms. The molecule has 1 aromatic carbocycles. The predicted octanol–water partition coefficient (Wildman–Crippen LogP) is 3.42. The van der Waals surface area contributed by atoms with Crippen LogP contribution in [0.2, 0.25) is 0 Å². The molecule has 0 spiro atoms. The van der Waals surface area contributed by atoms with Crippen molar-refractivity contribution < 1.29 is 18.4 Å². The SMILES string of the molecule is O=C(NCc1ccncc1)C1CCC(C(=O)Nc2ccc(F)cc2F)CC1. The first kappa shape index (κ1) is 18.9. The van der Waals surface area contributed by atoms with E-state index in [1.807, 2.05) is 12.1 Å². The van der Waals surface area contributed by atoms with Crippen LogP contribution in [0.15, 0.2) is 42.7 Å². The molecule has 5 nitrogen and oxygen atoms in total. The lowest BCUT2D eigenvalue weighted by atomic mass is 9.81. The van der Waals surface area contributed by atoms with E-state index in [0.29, 0.717) is 32.2 Å². The number of hydrogen-bond acceptors (Lipinski definition) is 3. The Balaban J connectivity index is 1.46. The minimum absolute atomic E-state index is 0.0183. The lowest BCUT2D eigenvalue weighted by Gasteiger charge is -2.27.